The monoisotopic (exact) mass is 981 g/mol. The molecule has 76 heavy (non-hydrogen) atoms. The van der Waals surface area contributed by atoms with Gasteiger partial charge in [-0.15, -0.1) is 0 Å². The van der Waals surface area contributed by atoms with E-state index in [1.165, 1.54) is 12.1 Å². The molecule has 0 N–H and O–H groups in total. The Morgan fingerprint density at radius 1 is 0.303 bits per heavy atom. The molecule has 10 heteroatoms. The second-order valence-electron chi connectivity index (χ2n) is 18.3. The highest BCUT2D eigenvalue weighted by atomic mass is 19.4. The second kappa shape index (κ2) is 18.3. The van der Waals surface area contributed by atoms with E-state index in [0.29, 0.717) is 83.0 Å². The largest absolute Gasteiger partial charge is 0.417 e. The first-order chi connectivity index (χ1) is 37.1. The Morgan fingerprint density at radius 3 is 0.961 bits per heavy atom. The van der Waals surface area contributed by atoms with Crippen LogP contribution >= 0.6 is 0 Å². The van der Waals surface area contributed by atoms with Gasteiger partial charge in [0.15, 0.2) is 0 Å². The number of halogens is 3. The van der Waals surface area contributed by atoms with Gasteiger partial charge < -0.3 is 9.13 Å². The van der Waals surface area contributed by atoms with Gasteiger partial charge in [-0.1, -0.05) is 109 Å². The van der Waals surface area contributed by atoms with Gasteiger partial charge in [0.05, 0.1) is 97.2 Å². The van der Waals surface area contributed by atoms with E-state index in [-0.39, 0.29) is 22.4 Å². The van der Waals surface area contributed by atoms with Crippen molar-refractivity contribution in [1.82, 2.24) is 9.13 Å². The van der Waals surface area contributed by atoms with E-state index in [1.807, 2.05) is 130 Å². The summed E-state index contributed by atoms with van der Waals surface area (Å²) >= 11 is 0. The van der Waals surface area contributed by atoms with Gasteiger partial charge in [0.25, 0.3) is 0 Å². The number of fused-ring (bicyclic) bond motifs is 6. The molecule has 0 spiro atoms. The summed E-state index contributed by atoms with van der Waals surface area (Å²) < 4.78 is 52.2. The highest BCUT2D eigenvalue weighted by molar-refractivity contribution is 6.14. The first kappa shape index (κ1) is 46.1. The van der Waals surface area contributed by atoms with Gasteiger partial charge >= 0.3 is 6.18 Å². The van der Waals surface area contributed by atoms with E-state index in [0.717, 1.165) is 33.0 Å². The third-order valence-electron chi connectivity index (χ3n) is 14.2. The van der Waals surface area contributed by atoms with Gasteiger partial charge in [0, 0.05) is 21.5 Å². The van der Waals surface area contributed by atoms with Gasteiger partial charge in [0.1, 0.15) is 0 Å². The Hall–Kier alpha value is -11.0. The number of hydrogen-bond acceptors (Lipinski definition) is 5. The lowest BCUT2D eigenvalue weighted by molar-refractivity contribution is -0.137. The zero-order chi connectivity index (χ0) is 52.2. The fourth-order valence-electron chi connectivity index (χ4n) is 10.7. The number of aromatic nitrogens is 2. The predicted molar refractivity (Wildman–Crippen MR) is 291 cm³/mol. The Kier molecular flexibility index (Phi) is 11.1. The summed E-state index contributed by atoms with van der Waals surface area (Å²) in [5.41, 5.74) is 9.82. The van der Waals surface area contributed by atoms with E-state index in [1.54, 1.807) is 72.8 Å². The lowest BCUT2D eigenvalue weighted by Crippen LogP contribution is -2.12. The van der Waals surface area contributed by atoms with Crippen LogP contribution in [-0.4, -0.2) is 9.13 Å². The van der Waals surface area contributed by atoms with Crippen LogP contribution in [0.25, 0.3) is 111 Å². The smallest absolute Gasteiger partial charge is 0.307 e. The quantitative estimate of drug-likeness (QED) is 0.157. The van der Waals surface area contributed by atoms with Crippen molar-refractivity contribution in [1.29, 1.82) is 26.3 Å². The van der Waals surface area contributed by atoms with Crippen LogP contribution in [0.5, 0.6) is 0 Å². The Morgan fingerprint density at radius 2 is 0.632 bits per heavy atom. The molecule has 12 aromatic rings. The molecule has 7 nitrogen and oxygen atoms in total. The SMILES string of the molecule is N#Cc1cccc(-c2cc(-n3c4ccc(-c5ccccc5C#N)cc4c4cc(-c5ccccc5C#N)ccc43)c(-n3c4ccc(-c5ccccc5C#N)cc4c4cc(-c5ccccc5C#N)ccc43)cc2C(F)(F)F)c1. The molecule has 0 atom stereocenters. The van der Waals surface area contributed by atoms with Gasteiger partial charge in [-0.25, -0.2) is 0 Å². The van der Waals surface area contributed by atoms with Crippen molar-refractivity contribution in [2.45, 2.75) is 6.18 Å². The molecule has 0 aliphatic heterocycles. The zero-order valence-corrected chi connectivity index (χ0v) is 39.9. The molecule has 0 saturated carbocycles. The van der Waals surface area contributed by atoms with Crippen LogP contribution in [0, 0.1) is 56.7 Å². The summed E-state index contributed by atoms with van der Waals surface area (Å²) in [4.78, 5) is 0. The van der Waals surface area contributed by atoms with Crippen LogP contribution in [0.15, 0.2) is 206 Å². The summed E-state index contributed by atoms with van der Waals surface area (Å²) in [7, 11) is 0. The average molecular weight is 982 g/mol. The maximum Gasteiger partial charge on any atom is 0.417 e. The molecule has 0 fully saturated rings. The van der Waals surface area contributed by atoms with E-state index in [4.69, 9.17) is 0 Å². The van der Waals surface area contributed by atoms with Crippen molar-refractivity contribution < 1.29 is 13.2 Å². The molecule has 0 saturated heterocycles. The molecule has 0 radical (unpaired) electrons. The fraction of sp³-hybridized carbons (Fsp3) is 0.0152. The minimum Gasteiger partial charge on any atom is -0.307 e. The summed E-state index contributed by atoms with van der Waals surface area (Å²) in [6.07, 6.45) is -4.89. The highest BCUT2D eigenvalue weighted by Crippen LogP contribution is 2.47. The lowest BCUT2D eigenvalue weighted by Gasteiger charge is -2.22. The van der Waals surface area contributed by atoms with Crippen molar-refractivity contribution in [2.24, 2.45) is 0 Å². The fourth-order valence-corrected chi connectivity index (χ4v) is 10.7. The predicted octanol–water partition coefficient (Wildman–Crippen LogP) is 16.6. The number of nitrogens with zero attached hydrogens (tertiary/aromatic N) is 7. The van der Waals surface area contributed by atoms with Gasteiger partial charge in [0.2, 0.25) is 0 Å². The van der Waals surface area contributed by atoms with Gasteiger partial charge in [-0.2, -0.15) is 39.5 Å². The molecule has 0 bridgehead atoms. The number of hydrogen-bond donors (Lipinski definition) is 0. The van der Waals surface area contributed by atoms with Crippen LogP contribution in [0.1, 0.15) is 33.4 Å². The van der Waals surface area contributed by atoms with Crippen LogP contribution < -0.4 is 0 Å². The molecule has 12 rings (SSSR count). The van der Waals surface area contributed by atoms with Crippen molar-refractivity contribution >= 4 is 43.6 Å². The topological polar surface area (TPSA) is 129 Å². The summed E-state index contributed by atoms with van der Waals surface area (Å²) in [5, 5.41) is 53.7. The molecule has 10 aromatic carbocycles. The summed E-state index contributed by atoms with van der Waals surface area (Å²) in [6.45, 7) is 0. The normalized spacial score (nSPS) is 11.3. The summed E-state index contributed by atoms with van der Waals surface area (Å²) in [6, 6.07) is 72.3. The maximum absolute atomic E-state index is 16.1. The van der Waals surface area contributed by atoms with Crippen LogP contribution in [0.2, 0.25) is 0 Å². The van der Waals surface area contributed by atoms with E-state index < -0.39 is 11.7 Å². The highest BCUT2D eigenvalue weighted by Gasteiger charge is 2.36. The Bertz CT molecular complexity index is 4420. The average Bonchev–Trinajstić information content (AvgIpc) is 4.11. The van der Waals surface area contributed by atoms with Crippen molar-refractivity contribution in [3.8, 4) is 97.4 Å². The third-order valence-corrected chi connectivity index (χ3v) is 14.2. The molecule has 0 aliphatic rings. The molecule has 2 aromatic heterocycles. The zero-order valence-electron chi connectivity index (χ0n) is 39.9. The molecule has 0 amide bonds. The number of benzene rings is 10. The van der Waals surface area contributed by atoms with E-state index in [9.17, 15) is 26.3 Å². The van der Waals surface area contributed by atoms with Crippen LogP contribution in [0.4, 0.5) is 13.2 Å². The van der Waals surface area contributed by atoms with Crippen molar-refractivity contribution in [2.75, 3.05) is 0 Å². The maximum atomic E-state index is 16.1. The first-order valence-electron chi connectivity index (χ1n) is 24.0. The minimum atomic E-state index is -4.89. The number of rotatable bonds is 7. The molecular formula is C66H34F3N7. The molecule has 354 valence electrons. The molecular weight excluding hydrogens is 948 g/mol. The van der Waals surface area contributed by atoms with Gasteiger partial charge in [-0.3, -0.25) is 0 Å². The van der Waals surface area contributed by atoms with Crippen molar-refractivity contribution in [3.05, 3.63) is 240 Å². The van der Waals surface area contributed by atoms with Crippen molar-refractivity contribution in [3.63, 3.8) is 0 Å². The minimum absolute atomic E-state index is 0.149. The first-order valence-corrected chi connectivity index (χ1v) is 24.0. The lowest BCUT2D eigenvalue weighted by atomic mass is 9.95. The molecule has 0 aliphatic carbocycles. The van der Waals surface area contributed by atoms with E-state index >= 15 is 13.2 Å². The molecule has 2 heterocycles. The third kappa shape index (κ3) is 7.57. The number of nitriles is 5. The van der Waals surface area contributed by atoms with Gasteiger partial charge in [-0.05, 0) is 153 Å². The van der Waals surface area contributed by atoms with Crippen LogP contribution in [-0.2, 0) is 6.18 Å². The van der Waals surface area contributed by atoms with Crippen LogP contribution in [0.3, 0.4) is 0 Å². The van der Waals surface area contributed by atoms with E-state index in [2.05, 4.69) is 30.3 Å². The summed E-state index contributed by atoms with van der Waals surface area (Å²) in [5.74, 6) is 0. The number of alkyl halides is 3. The second-order valence-corrected chi connectivity index (χ2v) is 18.3. The Labute approximate surface area is 433 Å². The Balaban J connectivity index is 1.24. The molecule has 0 unspecified atom stereocenters. The standard InChI is InChI=1S/C66H34F3N7/c67-66(68,69)59-34-65(76-62-26-22-44(52-18-7-3-13-48(52)38-73)31-57(62)58-32-45(23-27-63(58)76)53-19-8-4-14-49(53)39-74)64(33-54(59)41-15-9-10-40(28-41)35-70)75-60-24-20-42(50-16-5-1-11-46(50)36-71)29-55(60)56-30-43(21-25-61(56)75)51-17-6-2-12-47(51)37-72/h1-34H.